The summed E-state index contributed by atoms with van der Waals surface area (Å²) < 4.78 is 2.34. The maximum Gasteiger partial charge on any atom is 0.0644 e. The van der Waals surface area contributed by atoms with Crippen LogP contribution < -0.4 is 5.32 Å². The van der Waals surface area contributed by atoms with Gasteiger partial charge in [0.15, 0.2) is 0 Å². The zero-order valence-corrected chi connectivity index (χ0v) is 14.7. The molecular formula is C18H33N3. The van der Waals surface area contributed by atoms with Gasteiger partial charge in [-0.1, -0.05) is 27.7 Å². The van der Waals surface area contributed by atoms with E-state index in [0.29, 0.717) is 12.1 Å². The smallest absolute Gasteiger partial charge is 0.0644 e. The molecule has 21 heavy (non-hydrogen) atoms. The van der Waals surface area contributed by atoms with Gasteiger partial charge in [0.05, 0.1) is 11.7 Å². The first-order valence-electron chi connectivity index (χ1n) is 8.78. The molecule has 3 nitrogen and oxygen atoms in total. The molecule has 4 unspecified atom stereocenters. The molecule has 120 valence electrons. The van der Waals surface area contributed by atoms with Gasteiger partial charge in [-0.05, 0) is 57.9 Å². The molecule has 1 heterocycles. The molecule has 0 aromatic carbocycles. The van der Waals surface area contributed by atoms with Crippen molar-refractivity contribution in [2.24, 2.45) is 11.8 Å². The van der Waals surface area contributed by atoms with Crippen LogP contribution in [-0.2, 0) is 0 Å². The third-order valence-corrected chi connectivity index (χ3v) is 5.50. The topological polar surface area (TPSA) is 29.9 Å². The minimum absolute atomic E-state index is 0.448. The highest BCUT2D eigenvalue weighted by Gasteiger charge is 2.29. The summed E-state index contributed by atoms with van der Waals surface area (Å²) in [4.78, 5) is 0. The zero-order chi connectivity index (χ0) is 15.6. The Hall–Kier alpha value is -0.830. The fourth-order valence-electron chi connectivity index (χ4n) is 3.97. The Morgan fingerprint density at radius 3 is 2.48 bits per heavy atom. The standard InChI is InChI=1S/C18H33N3/c1-7-17(19-8-2)18-14(5)20-21(15(18)6)16-10-9-12(3)13(4)11-16/h12-13,16-17,19H,7-11H2,1-6H3. The van der Waals surface area contributed by atoms with E-state index >= 15 is 0 Å². The van der Waals surface area contributed by atoms with Crippen molar-refractivity contribution in [3.8, 4) is 0 Å². The summed E-state index contributed by atoms with van der Waals surface area (Å²) in [5, 5.41) is 8.53. The first kappa shape index (κ1) is 16.5. The van der Waals surface area contributed by atoms with E-state index in [2.05, 4.69) is 51.5 Å². The molecule has 1 aliphatic rings. The number of aromatic nitrogens is 2. The summed E-state index contributed by atoms with van der Waals surface area (Å²) in [6.07, 6.45) is 5.02. The van der Waals surface area contributed by atoms with Gasteiger partial charge in [-0.2, -0.15) is 5.10 Å². The fraction of sp³-hybridized carbons (Fsp3) is 0.833. The molecule has 0 amide bonds. The summed E-state index contributed by atoms with van der Waals surface area (Å²) in [6.45, 7) is 14.7. The van der Waals surface area contributed by atoms with Gasteiger partial charge in [-0.15, -0.1) is 0 Å². The number of aryl methyl sites for hydroxylation is 1. The molecule has 0 radical (unpaired) electrons. The molecule has 1 aromatic heterocycles. The van der Waals surface area contributed by atoms with E-state index in [1.54, 1.807) is 0 Å². The van der Waals surface area contributed by atoms with Crippen LogP contribution in [0.15, 0.2) is 0 Å². The van der Waals surface area contributed by atoms with E-state index in [-0.39, 0.29) is 0 Å². The van der Waals surface area contributed by atoms with Crippen molar-refractivity contribution in [1.82, 2.24) is 15.1 Å². The van der Waals surface area contributed by atoms with Crippen LogP contribution in [0.2, 0.25) is 0 Å². The van der Waals surface area contributed by atoms with Gasteiger partial charge in [-0.25, -0.2) is 0 Å². The van der Waals surface area contributed by atoms with Crippen molar-refractivity contribution >= 4 is 0 Å². The van der Waals surface area contributed by atoms with E-state index in [0.717, 1.165) is 24.8 Å². The summed E-state index contributed by atoms with van der Waals surface area (Å²) in [5.41, 5.74) is 4.03. The second-order valence-corrected chi connectivity index (χ2v) is 6.97. The maximum atomic E-state index is 4.92. The highest BCUT2D eigenvalue weighted by Crippen LogP contribution is 2.37. The van der Waals surface area contributed by atoms with Crippen LogP contribution in [0.25, 0.3) is 0 Å². The Kier molecular flexibility index (Phi) is 5.48. The molecule has 2 rings (SSSR count). The largest absolute Gasteiger partial charge is 0.310 e. The Morgan fingerprint density at radius 1 is 1.19 bits per heavy atom. The second kappa shape index (κ2) is 6.95. The van der Waals surface area contributed by atoms with Gasteiger partial charge < -0.3 is 5.32 Å². The fourth-order valence-corrected chi connectivity index (χ4v) is 3.97. The monoisotopic (exact) mass is 291 g/mol. The highest BCUT2D eigenvalue weighted by atomic mass is 15.3. The number of hydrogen-bond acceptors (Lipinski definition) is 2. The Balaban J connectivity index is 2.26. The van der Waals surface area contributed by atoms with Gasteiger partial charge >= 0.3 is 0 Å². The van der Waals surface area contributed by atoms with Gasteiger partial charge in [0, 0.05) is 17.3 Å². The molecule has 0 bridgehead atoms. The van der Waals surface area contributed by atoms with Crippen LogP contribution in [0.1, 0.15) is 82.4 Å². The van der Waals surface area contributed by atoms with Gasteiger partial charge in [-0.3, -0.25) is 4.68 Å². The Bertz CT molecular complexity index is 463. The second-order valence-electron chi connectivity index (χ2n) is 6.97. The van der Waals surface area contributed by atoms with Gasteiger partial charge in [0.25, 0.3) is 0 Å². The van der Waals surface area contributed by atoms with E-state index in [1.165, 1.54) is 36.2 Å². The quantitative estimate of drug-likeness (QED) is 0.862. The highest BCUT2D eigenvalue weighted by molar-refractivity contribution is 5.28. The number of rotatable bonds is 5. The summed E-state index contributed by atoms with van der Waals surface area (Å²) in [7, 11) is 0. The van der Waals surface area contributed by atoms with Crippen molar-refractivity contribution in [2.75, 3.05) is 6.54 Å². The lowest BCUT2D eigenvalue weighted by Gasteiger charge is -2.33. The molecule has 0 spiro atoms. The predicted octanol–water partition coefficient (Wildman–Crippen LogP) is 4.56. The van der Waals surface area contributed by atoms with Gasteiger partial charge in [0.1, 0.15) is 0 Å². The molecule has 1 saturated carbocycles. The van der Waals surface area contributed by atoms with Crippen LogP contribution >= 0.6 is 0 Å². The van der Waals surface area contributed by atoms with Crippen molar-refractivity contribution in [3.05, 3.63) is 17.0 Å². The average molecular weight is 291 g/mol. The lowest BCUT2D eigenvalue weighted by atomic mass is 9.79. The number of hydrogen-bond donors (Lipinski definition) is 1. The summed E-state index contributed by atoms with van der Waals surface area (Å²) in [6, 6.07) is 1.05. The lowest BCUT2D eigenvalue weighted by molar-refractivity contribution is 0.198. The van der Waals surface area contributed by atoms with Crippen LogP contribution in [0.5, 0.6) is 0 Å². The van der Waals surface area contributed by atoms with Crippen molar-refractivity contribution in [2.45, 2.75) is 79.3 Å². The predicted molar refractivity (Wildman–Crippen MR) is 89.6 cm³/mol. The van der Waals surface area contributed by atoms with Gasteiger partial charge in [0.2, 0.25) is 0 Å². The average Bonchev–Trinajstić information content (AvgIpc) is 2.75. The molecule has 1 aliphatic carbocycles. The lowest BCUT2D eigenvalue weighted by Crippen LogP contribution is -2.25. The maximum absolute atomic E-state index is 4.92. The summed E-state index contributed by atoms with van der Waals surface area (Å²) in [5.74, 6) is 1.68. The van der Waals surface area contributed by atoms with Crippen molar-refractivity contribution in [3.63, 3.8) is 0 Å². The van der Waals surface area contributed by atoms with E-state index in [4.69, 9.17) is 5.10 Å². The van der Waals surface area contributed by atoms with E-state index in [9.17, 15) is 0 Å². The zero-order valence-electron chi connectivity index (χ0n) is 14.7. The normalized spacial score (nSPS) is 27.8. The number of nitrogens with zero attached hydrogens (tertiary/aromatic N) is 2. The van der Waals surface area contributed by atoms with E-state index < -0.39 is 0 Å². The third-order valence-electron chi connectivity index (χ3n) is 5.50. The molecule has 0 aliphatic heterocycles. The molecule has 1 fully saturated rings. The van der Waals surface area contributed by atoms with Crippen LogP contribution in [0, 0.1) is 25.7 Å². The SMILES string of the molecule is CCNC(CC)c1c(C)nn(C2CCC(C)C(C)C2)c1C. The molecule has 1 aromatic rings. The molecular weight excluding hydrogens is 258 g/mol. The molecule has 0 saturated heterocycles. The van der Waals surface area contributed by atoms with Crippen LogP contribution in [-0.4, -0.2) is 16.3 Å². The third kappa shape index (κ3) is 3.33. The Labute approximate surface area is 130 Å². The minimum Gasteiger partial charge on any atom is -0.310 e. The van der Waals surface area contributed by atoms with E-state index in [1.807, 2.05) is 0 Å². The first-order chi connectivity index (χ1) is 9.99. The van der Waals surface area contributed by atoms with Crippen LogP contribution in [0.4, 0.5) is 0 Å². The molecule has 4 atom stereocenters. The van der Waals surface area contributed by atoms with Crippen molar-refractivity contribution in [1.29, 1.82) is 0 Å². The Morgan fingerprint density at radius 2 is 1.90 bits per heavy atom. The summed E-state index contributed by atoms with van der Waals surface area (Å²) >= 11 is 0. The first-order valence-corrected chi connectivity index (χ1v) is 8.78. The minimum atomic E-state index is 0.448. The van der Waals surface area contributed by atoms with Crippen LogP contribution in [0.3, 0.4) is 0 Å². The molecule has 1 N–H and O–H groups in total. The number of nitrogens with one attached hydrogen (secondary N) is 1. The van der Waals surface area contributed by atoms with Crippen molar-refractivity contribution < 1.29 is 0 Å². The molecule has 3 heteroatoms.